The lowest BCUT2D eigenvalue weighted by atomic mass is 10.0. The van der Waals surface area contributed by atoms with Crippen LogP contribution in [0.1, 0.15) is 24.0 Å². The van der Waals surface area contributed by atoms with Crippen LogP contribution >= 0.6 is 0 Å². The zero-order valence-corrected chi connectivity index (χ0v) is 13.4. The number of aryl methyl sites for hydroxylation is 1. The van der Waals surface area contributed by atoms with Gasteiger partial charge >= 0.3 is 0 Å². The van der Waals surface area contributed by atoms with E-state index < -0.39 is 6.10 Å². The van der Waals surface area contributed by atoms with Gasteiger partial charge in [0.05, 0.1) is 12.2 Å². The number of aliphatic hydroxyl groups is 1. The lowest BCUT2D eigenvalue weighted by molar-refractivity contribution is 0.0685. The molecule has 0 saturated heterocycles. The fraction of sp³-hybridized carbons (Fsp3) is 0.300. The SMILES string of the molecule is CO[C@H](C=Cc1ccccc1)C[C@@H](O)CCc1ccc(O)cc1. The second kappa shape index (κ2) is 9.13. The molecule has 23 heavy (non-hydrogen) atoms. The zero-order chi connectivity index (χ0) is 16.5. The summed E-state index contributed by atoms with van der Waals surface area (Å²) in [5.41, 5.74) is 2.23. The van der Waals surface area contributed by atoms with Crippen molar-refractivity contribution in [3.8, 4) is 5.75 Å². The maximum absolute atomic E-state index is 10.2. The molecular formula is C20H24O3. The smallest absolute Gasteiger partial charge is 0.115 e. The second-order valence-corrected chi connectivity index (χ2v) is 5.64. The fourth-order valence-electron chi connectivity index (χ4n) is 2.42. The van der Waals surface area contributed by atoms with Crippen LogP contribution in [0.4, 0.5) is 0 Å². The summed E-state index contributed by atoms with van der Waals surface area (Å²) in [5, 5.41) is 19.5. The van der Waals surface area contributed by atoms with Crippen LogP contribution in [0.2, 0.25) is 0 Å². The molecule has 0 aliphatic heterocycles. The number of aromatic hydroxyl groups is 1. The van der Waals surface area contributed by atoms with Crippen LogP contribution in [-0.4, -0.2) is 29.5 Å². The molecule has 0 aromatic heterocycles. The Morgan fingerprint density at radius 2 is 1.74 bits per heavy atom. The van der Waals surface area contributed by atoms with Gasteiger partial charge in [0.2, 0.25) is 0 Å². The standard InChI is InChI=1S/C20H24O3/c1-23-20(14-10-16-5-3-2-4-6-16)15-19(22)13-9-17-7-11-18(21)12-8-17/h2-8,10-12,14,19-22H,9,13,15H2,1H3/t19-,20+/m0/s1. The number of methoxy groups -OCH3 is 1. The molecule has 0 unspecified atom stereocenters. The topological polar surface area (TPSA) is 49.7 Å². The predicted octanol–water partition coefficient (Wildman–Crippen LogP) is 3.80. The first-order valence-corrected chi connectivity index (χ1v) is 7.89. The van der Waals surface area contributed by atoms with Gasteiger partial charge in [-0.15, -0.1) is 0 Å². The molecule has 0 aliphatic rings. The van der Waals surface area contributed by atoms with Crippen molar-refractivity contribution in [2.45, 2.75) is 31.5 Å². The summed E-state index contributed by atoms with van der Waals surface area (Å²) in [4.78, 5) is 0. The Morgan fingerprint density at radius 3 is 2.39 bits per heavy atom. The van der Waals surface area contributed by atoms with Gasteiger partial charge in [0.1, 0.15) is 5.75 Å². The van der Waals surface area contributed by atoms with E-state index in [4.69, 9.17) is 4.74 Å². The monoisotopic (exact) mass is 312 g/mol. The first kappa shape index (κ1) is 17.3. The largest absolute Gasteiger partial charge is 0.508 e. The number of rotatable bonds is 8. The van der Waals surface area contributed by atoms with Crippen LogP contribution in [0.15, 0.2) is 60.7 Å². The maximum atomic E-state index is 10.2. The predicted molar refractivity (Wildman–Crippen MR) is 93.3 cm³/mol. The zero-order valence-electron chi connectivity index (χ0n) is 13.4. The van der Waals surface area contributed by atoms with Crippen LogP contribution in [0.5, 0.6) is 5.75 Å². The molecule has 2 aromatic rings. The summed E-state index contributed by atoms with van der Waals surface area (Å²) in [7, 11) is 1.66. The van der Waals surface area contributed by atoms with E-state index in [1.165, 1.54) is 0 Å². The van der Waals surface area contributed by atoms with Crippen molar-refractivity contribution in [1.82, 2.24) is 0 Å². The molecule has 0 bridgehead atoms. The van der Waals surface area contributed by atoms with Crippen molar-refractivity contribution in [1.29, 1.82) is 0 Å². The summed E-state index contributed by atoms with van der Waals surface area (Å²) < 4.78 is 5.43. The third kappa shape index (κ3) is 6.27. The Balaban J connectivity index is 1.81. The number of aliphatic hydroxyl groups excluding tert-OH is 1. The highest BCUT2D eigenvalue weighted by molar-refractivity contribution is 5.49. The van der Waals surface area contributed by atoms with E-state index in [2.05, 4.69) is 0 Å². The van der Waals surface area contributed by atoms with Crippen molar-refractivity contribution >= 4 is 6.08 Å². The number of benzene rings is 2. The molecular weight excluding hydrogens is 288 g/mol. The highest BCUT2D eigenvalue weighted by Crippen LogP contribution is 2.15. The van der Waals surface area contributed by atoms with Crippen LogP contribution in [0.3, 0.4) is 0 Å². The summed E-state index contributed by atoms with van der Waals surface area (Å²) in [5.74, 6) is 0.264. The highest BCUT2D eigenvalue weighted by Gasteiger charge is 2.11. The normalized spacial score (nSPS) is 14.0. The van der Waals surface area contributed by atoms with Crippen LogP contribution < -0.4 is 0 Å². The van der Waals surface area contributed by atoms with Gasteiger partial charge in [-0.3, -0.25) is 0 Å². The minimum atomic E-state index is -0.422. The quantitative estimate of drug-likeness (QED) is 0.779. The molecule has 122 valence electrons. The van der Waals surface area contributed by atoms with Gasteiger partial charge < -0.3 is 14.9 Å². The molecule has 2 rings (SSSR count). The van der Waals surface area contributed by atoms with E-state index in [0.717, 1.165) is 17.5 Å². The van der Waals surface area contributed by atoms with Crippen LogP contribution in [0, 0.1) is 0 Å². The summed E-state index contributed by atoms with van der Waals surface area (Å²) in [6.45, 7) is 0. The number of phenolic OH excluding ortho intramolecular Hbond substituents is 1. The first-order chi connectivity index (χ1) is 11.2. The fourth-order valence-corrected chi connectivity index (χ4v) is 2.42. The second-order valence-electron chi connectivity index (χ2n) is 5.64. The van der Waals surface area contributed by atoms with Crippen molar-refractivity contribution in [2.24, 2.45) is 0 Å². The van der Waals surface area contributed by atoms with Gasteiger partial charge in [-0.1, -0.05) is 54.6 Å². The van der Waals surface area contributed by atoms with E-state index in [1.54, 1.807) is 19.2 Å². The summed E-state index contributed by atoms with van der Waals surface area (Å²) in [6.07, 6.45) is 5.49. The number of phenols is 1. The highest BCUT2D eigenvalue weighted by atomic mass is 16.5. The molecule has 3 heteroatoms. The van der Waals surface area contributed by atoms with Gasteiger partial charge in [-0.2, -0.15) is 0 Å². The number of hydrogen-bond acceptors (Lipinski definition) is 3. The molecule has 0 fully saturated rings. The Bertz CT molecular complexity index is 590. The Hall–Kier alpha value is -2.10. The average molecular weight is 312 g/mol. The van der Waals surface area contributed by atoms with E-state index in [0.29, 0.717) is 12.8 Å². The Morgan fingerprint density at radius 1 is 1.04 bits per heavy atom. The first-order valence-electron chi connectivity index (χ1n) is 7.89. The van der Waals surface area contributed by atoms with Crippen molar-refractivity contribution in [2.75, 3.05) is 7.11 Å². The summed E-state index contributed by atoms with van der Waals surface area (Å²) >= 11 is 0. The van der Waals surface area contributed by atoms with E-state index in [9.17, 15) is 10.2 Å². The number of hydrogen-bond donors (Lipinski definition) is 2. The third-order valence-corrected chi connectivity index (χ3v) is 3.81. The van der Waals surface area contributed by atoms with Gasteiger partial charge in [-0.05, 0) is 36.1 Å². The van der Waals surface area contributed by atoms with E-state index in [-0.39, 0.29) is 11.9 Å². The Kier molecular flexibility index (Phi) is 6.85. The third-order valence-electron chi connectivity index (χ3n) is 3.81. The molecule has 0 radical (unpaired) electrons. The Labute approximate surface area is 137 Å². The lowest BCUT2D eigenvalue weighted by Gasteiger charge is -2.16. The van der Waals surface area contributed by atoms with Gasteiger partial charge in [0.25, 0.3) is 0 Å². The van der Waals surface area contributed by atoms with Gasteiger partial charge in [0.15, 0.2) is 0 Å². The van der Waals surface area contributed by atoms with Gasteiger partial charge in [-0.25, -0.2) is 0 Å². The van der Waals surface area contributed by atoms with Gasteiger partial charge in [0, 0.05) is 13.5 Å². The minimum Gasteiger partial charge on any atom is -0.508 e. The number of ether oxygens (including phenoxy) is 1. The van der Waals surface area contributed by atoms with Crippen LogP contribution in [0.25, 0.3) is 6.08 Å². The molecule has 0 saturated carbocycles. The molecule has 2 atom stereocenters. The van der Waals surface area contributed by atoms with E-state index >= 15 is 0 Å². The van der Waals surface area contributed by atoms with Crippen molar-refractivity contribution < 1.29 is 14.9 Å². The maximum Gasteiger partial charge on any atom is 0.115 e. The molecule has 2 aromatic carbocycles. The van der Waals surface area contributed by atoms with Crippen LogP contribution in [-0.2, 0) is 11.2 Å². The molecule has 2 N–H and O–H groups in total. The molecule has 0 amide bonds. The molecule has 0 aliphatic carbocycles. The minimum absolute atomic E-state index is 0.106. The summed E-state index contributed by atoms with van der Waals surface area (Å²) in [6, 6.07) is 17.1. The molecule has 0 heterocycles. The lowest BCUT2D eigenvalue weighted by Crippen LogP contribution is -2.18. The van der Waals surface area contributed by atoms with E-state index in [1.807, 2.05) is 54.6 Å². The molecule has 0 spiro atoms. The molecule has 3 nitrogen and oxygen atoms in total. The average Bonchev–Trinajstić information content (AvgIpc) is 2.59. The van der Waals surface area contributed by atoms with Crippen molar-refractivity contribution in [3.63, 3.8) is 0 Å². The van der Waals surface area contributed by atoms with Crippen molar-refractivity contribution in [3.05, 3.63) is 71.8 Å².